The van der Waals surface area contributed by atoms with Crippen molar-refractivity contribution in [1.82, 2.24) is 5.32 Å². The highest BCUT2D eigenvalue weighted by Gasteiger charge is 2.27. The van der Waals surface area contributed by atoms with Gasteiger partial charge in [0.15, 0.2) is 11.6 Å². The number of carbonyl (C=O) groups is 2. The highest BCUT2D eigenvalue weighted by Crippen LogP contribution is 2.35. The predicted octanol–water partition coefficient (Wildman–Crippen LogP) is 3.31. The molecule has 0 saturated heterocycles. The number of hydrogen-bond donors (Lipinski definition) is 3. The molecule has 2 amide bonds. The Hall–Kier alpha value is -3.16. The largest absolute Gasteiger partial charge is 0.492 e. The van der Waals surface area contributed by atoms with Crippen LogP contribution in [-0.4, -0.2) is 23.7 Å². The van der Waals surface area contributed by atoms with Crippen molar-refractivity contribution < 1.29 is 28.2 Å². The topological polar surface area (TPSA) is 87.7 Å². The summed E-state index contributed by atoms with van der Waals surface area (Å²) in [5.74, 6) is -2.39. The van der Waals surface area contributed by atoms with Crippen LogP contribution in [-0.2, 0) is 0 Å². The Morgan fingerprint density at radius 1 is 1.16 bits per heavy atom. The molecule has 0 aromatic heterocycles. The smallest absolute Gasteiger partial charge is 0.405 e. The maximum Gasteiger partial charge on any atom is 0.405 e. The summed E-state index contributed by atoms with van der Waals surface area (Å²) >= 11 is 0. The van der Waals surface area contributed by atoms with E-state index in [1.165, 1.54) is 12.1 Å². The van der Waals surface area contributed by atoms with Crippen LogP contribution in [0.5, 0.6) is 5.75 Å². The van der Waals surface area contributed by atoms with Crippen LogP contribution in [0.15, 0.2) is 36.4 Å². The zero-order chi connectivity index (χ0) is 18.0. The first-order chi connectivity index (χ1) is 12.0. The molecule has 0 saturated carbocycles. The van der Waals surface area contributed by atoms with E-state index in [4.69, 9.17) is 9.84 Å². The molecule has 130 valence electrons. The van der Waals surface area contributed by atoms with Crippen molar-refractivity contribution in [2.24, 2.45) is 0 Å². The number of benzene rings is 2. The van der Waals surface area contributed by atoms with E-state index in [9.17, 15) is 18.4 Å². The third-order valence-electron chi connectivity index (χ3n) is 3.79. The first kappa shape index (κ1) is 16.7. The molecule has 1 aliphatic rings. The zero-order valence-corrected chi connectivity index (χ0v) is 12.9. The predicted molar refractivity (Wildman–Crippen MR) is 84.8 cm³/mol. The summed E-state index contributed by atoms with van der Waals surface area (Å²) in [5.41, 5.74) is 0.822. The highest BCUT2D eigenvalue weighted by molar-refractivity contribution is 6.06. The second kappa shape index (κ2) is 6.76. The Kier molecular flexibility index (Phi) is 4.51. The van der Waals surface area contributed by atoms with E-state index >= 15 is 0 Å². The number of ether oxygens (including phenoxy) is 1. The fourth-order valence-corrected chi connectivity index (χ4v) is 2.67. The van der Waals surface area contributed by atoms with Crippen molar-refractivity contribution in [3.8, 4) is 5.75 Å². The van der Waals surface area contributed by atoms with E-state index in [0.717, 1.165) is 12.1 Å². The van der Waals surface area contributed by atoms with Crippen LogP contribution in [0.4, 0.5) is 19.3 Å². The number of carboxylic acid groups (broad SMARTS) is 1. The number of para-hydroxylation sites is 1. The summed E-state index contributed by atoms with van der Waals surface area (Å²) in [6.45, 7) is 0.243. The number of hydrogen-bond acceptors (Lipinski definition) is 3. The summed E-state index contributed by atoms with van der Waals surface area (Å²) in [6, 6.07) is 7.32. The molecule has 1 heterocycles. The number of fused-ring (bicyclic) bond motifs is 1. The van der Waals surface area contributed by atoms with Gasteiger partial charge in [-0.1, -0.05) is 12.1 Å². The fraction of sp³-hybridized carbons (Fsp3) is 0.176. The molecule has 2 aromatic carbocycles. The molecule has 1 aliphatic heterocycles. The van der Waals surface area contributed by atoms with E-state index in [1.807, 2.05) is 0 Å². The van der Waals surface area contributed by atoms with Crippen LogP contribution in [0, 0.1) is 11.6 Å². The quantitative estimate of drug-likeness (QED) is 0.794. The molecule has 8 heteroatoms. The van der Waals surface area contributed by atoms with Crippen LogP contribution in [0.1, 0.15) is 28.4 Å². The lowest BCUT2D eigenvalue weighted by Crippen LogP contribution is -2.31. The van der Waals surface area contributed by atoms with E-state index in [1.54, 1.807) is 12.1 Å². The minimum Gasteiger partial charge on any atom is -0.492 e. The van der Waals surface area contributed by atoms with Gasteiger partial charge in [-0.05, 0) is 18.2 Å². The summed E-state index contributed by atoms with van der Waals surface area (Å²) < 4.78 is 31.8. The number of anilines is 1. The lowest BCUT2D eigenvalue weighted by atomic mass is 9.97. The number of rotatable bonds is 3. The lowest BCUT2D eigenvalue weighted by molar-refractivity contribution is 0.102. The molecule has 25 heavy (non-hydrogen) atoms. The van der Waals surface area contributed by atoms with Crippen LogP contribution in [0.3, 0.4) is 0 Å². The monoisotopic (exact) mass is 348 g/mol. The highest BCUT2D eigenvalue weighted by atomic mass is 19.2. The Morgan fingerprint density at radius 3 is 2.68 bits per heavy atom. The molecule has 0 bridgehead atoms. The average Bonchev–Trinajstić information content (AvgIpc) is 2.57. The first-order valence-electron chi connectivity index (χ1n) is 7.47. The second-order valence-corrected chi connectivity index (χ2v) is 5.45. The molecule has 0 radical (unpaired) electrons. The molecule has 0 aliphatic carbocycles. The van der Waals surface area contributed by atoms with Crippen molar-refractivity contribution in [3.63, 3.8) is 0 Å². The average molecular weight is 348 g/mol. The van der Waals surface area contributed by atoms with Gasteiger partial charge in [-0.25, -0.2) is 13.6 Å². The normalized spacial score (nSPS) is 15.7. The molecule has 2 aromatic rings. The van der Waals surface area contributed by atoms with Gasteiger partial charge in [-0.3, -0.25) is 4.79 Å². The van der Waals surface area contributed by atoms with Crippen molar-refractivity contribution >= 4 is 17.7 Å². The molecule has 0 unspecified atom stereocenters. The van der Waals surface area contributed by atoms with Gasteiger partial charge in [0.05, 0.1) is 18.2 Å². The van der Waals surface area contributed by atoms with Gasteiger partial charge >= 0.3 is 6.09 Å². The Morgan fingerprint density at radius 2 is 1.96 bits per heavy atom. The van der Waals surface area contributed by atoms with Gasteiger partial charge in [-0.2, -0.15) is 0 Å². The minimum absolute atomic E-state index is 0.0949. The molecular weight excluding hydrogens is 334 g/mol. The van der Waals surface area contributed by atoms with Crippen molar-refractivity contribution in [3.05, 3.63) is 59.2 Å². The van der Waals surface area contributed by atoms with Gasteiger partial charge < -0.3 is 20.5 Å². The standard InChI is InChI=1S/C17H14F2N2O4/c18-12-5-4-9(8-13(12)19)20-16(22)11-3-1-2-10-14(21-17(23)24)6-7-25-15(10)11/h1-5,8,14,21H,6-7H2,(H,20,22)(H,23,24)/t14-/m1/s1. The Balaban J connectivity index is 1.88. The van der Waals surface area contributed by atoms with Crippen molar-refractivity contribution in [2.45, 2.75) is 12.5 Å². The summed E-state index contributed by atoms with van der Waals surface area (Å²) in [5, 5.41) is 13.8. The van der Waals surface area contributed by atoms with Crippen LogP contribution >= 0.6 is 0 Å². The van der Waals surface area contributed by atoms with Gasteiger partial charge in [0.1, 0.15) is 5.75 Å². The van der Waals surface area contributed by atoms with E-state index in [-0.39, 0.29) is 23.6 Å². The van der Waals surface area contributed by atoms with Gasteiger partial charge in [0.25, 0.3) is 5.91 Å². The van der Waals surface area contributed by atoms with Gasteiger partial charge in [0.2, 0.25) is 0 Å². The molecule has 0 fully saturated rings. The minimum atomic E-state index is -1.17. The maximum absolute atomic E-state index is 13.3. The third kappa shape index (κ3) is 3.52. The number of halogens is 2. The molecule has 3 N–H and O–H groups in total. The van der Waals surface area contributed by atoms with Crippen molar-refractivity contribution in [1.29, 1.82) is 0 Å². The summed E-state index contributed by atoms with van der Waals surface area (Å²) in [7, 11) is 0. The molecule has 1 atom stereocenters. The zero-order valence-electron chi connectivity index (χ0n) is 12.9. The SMILES string of the molecule is O=C(O)N[C@@H]1CCOc2c(C(=O)Nc3ccc(F)c(F)c3)cccc21. The summed E-state index contributed by atoms with van der Waals surface area (Å²) in [4.78, 5) is 23.4. The van der Waals surface area contributed by atoms with E-state index in [2.05, 4.69) is 10.6 Å². The van der Waals surface area contributed by atoms with Crippen LogP contribution < -0.4 is 15.4 Å². The van der Waals surface area contributed by atoms with Gasteiger partial charge in [-0.15, -0.1) is 0 Å². The van der Waals surface area contributed by atoms with Crippen LogP contribution in [0.25, 0.3) is 0 Å². The van der Waals surface area contributed by atoms with Gasteiger partial charge in [0, 0.05) is 23.7 Å². The Labute approximate surface area is 141 Å². The molecular formula is C17H14F2N2O4. The number of carbonyl (C=O) groups excluding carboxylic acids is 1. The molecule has 6 nitrogen and oxygen atoms in total. The Bertz CT molecular complexity index is 841. The van der Waals surface area contributed by atoms with E-state index < -0.39 is 29.7 Å². The second-order valence-electron chi connectivity index (χ2n) is 5.45. The number of nitrogens with one attached hydrogen (secondary N) is 2. The fourth-order valence-electron chi connectivity index (χ4n) is 2.67. The molecule has 3 rings (SSSR count). The maximum atomic E-state index is 13.3. The molecule has 0 spiro atoms. The third-order valence-corrected chi connectivity index (χ3v) is 3.79. The van der Waals surface area contributed by atoms with E-state index in [0.29, 0.717) is 12.0 Å². The van der Waals surface area contributed by atoms with Crippen LogP contribution in [0.2, 0.25) is 0 Å². The summed E-state index contributed by atoms with van der Waals surface area (Å²) in [6.07, 6.45) is -0.734. The number of amides is 2. The first-order valence-corrected chi connectivity index (χ1v) is 7.47. The lowest BCUT2D eigenvalue weighted by Gasteiger charge is -2.27. The van der Waals surface area contributed by atoms with Crippen molar-refractivity contribution in [2.75, 3.05) is 11.9 Å².